The average Bonchev–Trinajstić information content (AvgIpc) is 2.88. The van der Waals surface area contributed by atoms with Gasteiger partial charge in [-0.3, -0.25) is 0 Å². The van der Waals surface area contributed by atoms with E-state index in [9.17, 15) is 0 Å². The molecule has 0 saturated heterocycles. The van der Waals surface area contributed by atoms with Crippen molar-refractivity contribution < 1.29 is 0 Å². The minimum Gasteiger partial charge on any atom is -0.362 e. The summed E-state index contributed by atoms with van der Waals surface area (Å²) < 4.78 is 0. The van der Waals surface area contributed by atoms with Crippen molar-refractivity contribution in [2.75, 3.05) is 23.3 Å². The number of benzene rings is 2. The van der Waals surface area contributed by atoms with Crippen LogP contribution in [0.2, 0.25) is 5.02 Å². The summed E-state index contributed by atoms with van der Waals surface area (Å²) in [6, 6.07) is 21.1. The summed E-state index contributed by atoms with van der Waals surface area (Å²) in [5.41, 5.74) is 4.92. The molecule has 2 aliphatic rings. The highest BCUT2D eigenvalue weighted by Gasteiger charge is 2.34. The van der Waals surface area contributed by atoms with Gasteiger partial charge in [0.2, 0.25) is 0 Å². The molecule has 34 heavy (non-hydrogen) atoms. The van der Waals surface area contributed by atoms with Crippen LogP contribution in [0, 0.1) is 0 Å². The van der Waals surface area contributed by atoms with E-state index in [2.05, 4.69) is 70.1 Å². The van der Waals surface area contributed by atoms with Crippen LogP contribution in [0.4, 0.5) is 17.2 Å². The SMILES string of the molecule is S=C(NCC1(c2cccc(Cl)c2)CCCCC1)Nc1ccc(N2CCCc3ccccc32)nc1. The number of hydrogen-bond acceptors (Lipinski definition) is 3. The molecule has 2 aromatic carbocycles. The number of rotatable bonds is 5. The molecule has 176 valence electrons. The Kier molecular flexibility index (Phi) is 7.02. The topological polar surface area (TPSA) is 40.2 Å². The van der Waals surface area contributed by atoms with E-state index in [1.807, 2.05) is 12.3 Å². The predicted molar refractivity (Wildman–Crippen MR) is 146 cm³/mol. The third-order valence-electron chi connectivity index (χ3n) is 7.23. The van der Waals surface area contributed by atoms with Gasteiger partial charge in [-0.15, -0.1) is 0 Å². The Bertz CT molecular complexity index is 1140. The van der Waals surface area contributed by atoms with Gasteiger partial charge in [-0.2, -0.15) is 0 Å². The highest BCUT2D eigenvalue weighted by molar-refractivity contribution is 7.80. The molecule has 1 fully saturated rings. The van der Waals surface area contributed by atoms with Crippen molar-refractivity contribution in [3.63, 3.8) is 0 Å². The van der Waals surface area contributed by atoms with E-state index >= 15 is 0 Å². The van der Waals surface area contributed by atoms with Crippen molar-refractivity contribution in [3.05, 3.63) is 83.0 Å². The monoisotopic (exact) mass is 490 g/mol. The molecule has 3 aromatic rings. The summed E-state index contributed by atoms with van der Waals surface area (Å²) in [4.78, 5) is 7.04. The largest absolute Gasteiger partial charge is 0.362 e. The van der Waals surface area contributed by atoms with Gasteiger partial charge >= 0.3 is 0 Å². The molecule has 0 unspecified atom stereocenters. The van der Waals surface area contributed by atoms with Gasteiger partial charge in [-0.25, -0.2) is 4.98 Å². The van der Waals surface area contributed by atoms with Crippen LogP contribution in [0.5, 0.6) is 0 Å². The van der Waals surface area contributed by atoms with Gasteiger partial charge in [0.15, 0.2) is 5.11 Å². The standard InChI is InChI=1S/C28H31ClN4S/c29-23-11-6-10-22(18-23)28(15-4-1-5-16-28)20-31-27(34)32-24-13-14-26(30-19-24)33-17-7-9-21-8-2-3-12-25(21)33/h2-3,6,8,10-14,18-19H,1,4-5,7,9,15-17,20H2,(H2,31,32,34). The number of thiocarbonyl (C=S) groups is 1. The molecule has 4 nitrogen and oxygen atoms in total. The lowest BCUT2D eigenvalue weighted by atomic mass is 9.69. The number of para-hydroxylation sites is 1. The second-order valence-electron chi connectivity index (χ2n) is 9.45. The molecule has 1 aliphatic heterocycles. The van der Waals surface area contributed by atoms with Gasteiger partial charge in [0, 0.05) is 29.2 Å². The highest BCUT2D eigenvalue weighted by atomic mass is 35.5. The third kappa shape index (κ3) is 5.06. The Morgan fingerprint density at radius 1 is 1.00 bits per heavy atom. The molecule has 0 bridgehead atoms. The van der Waals surface area contributed by atoms with Crippen LogP contribution in [0.25, 0.3) is 0 Å². The first-order chi connectivity index (χ1) is 16.6. The van der Waals surface area contributed by atoms with Crippen molar-refractivity contribution in [2.45, 2.75) is 50.4 Å². The first kappa shape index (κ1) is 23.1. The molecule has 6 heteroatoms. The zero-order chi connectivity index (χ0) is 23.4. The Balaban J connectivity index is 1.23. The molecule has 5 rings (SSSR count). The first-order valence-electron chi connectivity index (χ1n) is 12.3. The Morgan fingerprint density at radius 2 is 1.85 bits per heavy atom. The van der Waals surface area contributed by atoms with Crippen LogP contribution in [0.1, 0.15) is 49.7 Å². The van der Waals surface area contributed by atoms with Crippen LogP contribution in [-0.2, 0) is 11.8 Å². The predicted octanol–water partition coefficient (Wildman–Crippen LogP) is 7.01. The lowest BCUT2D eigenvalue weighted by Crippen LogP contribution is -2.43. The van der Waals surface area contributed by atoms with Crippen LogP contribution < -0.4 is 15.5 Å². The van der Waals surface area contributed by atoms with Crippen molar-refractivity contribution in [1.82, 2.24) is 10.3 Å². The van der Waals surface area contributed by atoms with E-state index in [0.717, 1.165) is 55.3 Å². The minimum absolute atomic E-state index is 0.0681. The zero-order valence-electron chi connectivity index (χ0n) is 19.4. The van der Waals surface area contributed by atoms with Crippen LogP contribution in [0.15, 0.2) is 66.9 Å². The average molecular weight is 491 g/mol. The number of halogens is 1. The normalized spacial score (nSPS) is 17.0. The molecule has 0 radical (unpaired) electrons. The van der Waals surface area contributed by atoms with Crippen LogP contribution in [0.3, 0.4) is 0 Å². The summed E-state index contributed by atoms with van der Waals surface area (Å²) >= 11 is 12.0. The minimum atomic E-state index is 0.0681. The molecular formula is C28H31ClN4S. The number of nitrogens with zero attached hydrogens (tertiary/aromatic N) is 2. The lowest BCUT2D eigenvalue weighted by Gasteiger charge is -2.38. The highest BCUT2D eigenvalue weighted by Crippen LogP contribution is 2.40. The summed E-state index contributed by atoms with van der Waals surface area (Å²) in [6.07, 6.45) is 10.2. The molecule has 1 aliphatic carbocycles. The number of aryl methyl sites for hydroxylation is 1. The number of anilines is 3. The summed E-state index contributed by atoms with van der Waals surface area (Å²) in [5, 5.41) is 8.24. The van der Waals surface area contributed by atoms with Gasteiger partial charge in [-0.05, 0) is 79.4 Å². The van der Waals surface area contributed by atoms with E-state index in [0.29, 0.717) is 5.11 Å². The third-order valence-corrected chi connectivity index (χ3v) is 7.71. The van der Waals surface area contributed by atoms with E-state index in [-0.39, 0.29) is 5.41 Å². The molecule has 1 saturated carbocycles. The molecule has 0 spiro atoms. The van der Waals surface area contributed by atoms with E-state index < -0.39 is 0 Å². The molecule has 0 atom stereocenters. The van der Waals surface area contributed by atoms with Crippen LogP contribution >= 0.6 is 23.8 Å². The zero-order valence-corrected chi connectivity index (χ0v) is 21.0. The molecule has 0 amide bonds. The van der Waals surface area contributed by atoms with Gasteiger partial charge in [0.25, 0.3) is 0 Å². The first-order valence-corrected chi connectivity index (χ1v) is 13.0. The van der Waals surface area contributed by atoms with E-state index in [1.54, 1.807) is 0 Å². The van der Waals surface area contributed by atoms with E-state index in [4.69, 9.17) is 28.8 Å². The maximum Gasteiger partial charge on any atom is 0.170 e. The maximum absolute atomic E-state index is 6.32. The van der Waals surface area contributed by atoms with Gasteiger partial charge < -0.3 is 15.5 Å². The Labute approximate surface area is 212 Å². The fraction of sp³-hybridized carbons (Fsp3) is 0.357. The molecular weight excluding hydrogens is 460 g/mol. The lowest BCUT2D eigenvalue weighted by molar-refractivity contribution is 0.292. The second-order valence-corrected chi connectivity index (χ2v) is 10.3. The quantitative estimate of drug-likeness (QED) is 0.376. The van der Waals surface area contributed by atoms with Gasteiger partial charge in [0.05, 0.1) is 11.9 Å². The molecule has 2 heterocycles. The van der Waals surface area contributed by atoms with Gasteiger partial charge in [0.1, 0.15) is 5.82 Å². The molecule has 1 aromatic heterocycles. The fourth-order valence-corrected chi connectivity index (χ4v) is 5.81. The maximum atomic E-state index is 6.32. The summed E-state index contributed by atoms with van der Waals surface area (Å²) in [7, 11) is 0. The summed E-state index contributed by atoms with van der Waals surface area (Å²) in [6.45, 7) is 1.79. The van der Waals surface area contributed by atoms with Crippen molar-refractivity contribution >= 4 is 46.1 Å². The van der Waals surface area contributed by atoms with Gasteiger partial charge in [-0.1, -0.05) is 61.2 Å². The Morgan fingerprint density at radius 3 is 2.65 bits per heavy atom. The summed E-state index contributed by atoms with van der Waals surface area (Å²) in [5.74, 6) is 0.971. The molecule has 2 N–H and O–H groups in total. The fourth-order valence-electron chi connectivity index (χ4n) is 5.43. The van der Waals surface area contributed by atoms with Crippen molar-refractivity contribution in [1.29, 1.82) is 0 Å². The van der Waals surface area contributed by atoms with Crippen molar-refractivity contribution in [2.24, 2.45) is 0 Å². The number of nitrogens with one attached hydrogen (secondary N) is 2. The second kappa shape index (κ2) is 10.3. The van der Waals surface area contributed by atoms with Crippen molar-refractivity contribution in [3.8, 4) is 0 Å². The number of pyridine rings is 1. The number of fused-ring (bicyclic) bond motifs is 1. The Hall–Kier alpha value is -2.63. The van der Waals surface area contributed by atoms with E-state index in [1.165, 1.54) is 36.1 Å². The smallest absolute Gasteiger partial charge is 0.170 e. The number of hydrogen-bond donors (Lipinski definition) is 2. The van der Waals surface area contributed by atoms with Crippen LogP contribution in [-0.4, -0.2) is 23.2 Å². The number of aromatic nitrogens is 1.